The maximum atomic E-state index is 11.0. The van der Waals surface area contributed by atoms with Gasteiger partial charge in [-0.1, -0.05) is 25.4 Å². The Morgan fingerprint density at radius 2 is 1.97 bits per heavy atom. The fourth-order valence-electron chi connectivity index (χ4n) is 3.61. The van der Waals surface area contributed by atoms with E-state index in [4.69, 9.17) is 15.0 Å². The lowest BCUT2D eigenvalue weighted by Gasteiger charge is -2.18. The quantitative estimate of drug-likeness (QED) is 0.298. The number of aryl methyl sites for hydroxylation is 3. The summed E-state index contributed by atoms with van der Waals surface area (Å²) >= 11 is 0. The van der Waals surface area contributed by atoms with Crippen LogP contribution in [-0.2, 0) is 17.6 Å². The molecule has 1 unspecified atom stereocenters. The van der Waals surface area contributed by atoms with Crippen LogP contribution in [-0.4, -0.2) is 62.1 Å². The van der Waals surface area contributed by atoms with Crippen molar-refractivity contribution in [3.05, 3.63) is 35.0 Å². The van der Waals surface area contributed by atoms with Crippen molar-refractivity contribution in [3.63, 3.8) is 0 Å². The molecule has 0 fully saturated rings. The summed E-state index contributed by atoms with van der Waals surface area (Å²) in [5, 5.41) is 26.7. The molecule has 11 nitrogen and oxygen atoms in total. The summed E-state index contributed by atoms with van der Waals surface area (Å²) in [7, 11) is 1.76. The fourth-order valence-corrected chi connectivity index (χ4v) is 3.61. The van der Waals surface area contributed by atoms with E-state index in [1.54, 1.807) is 7.05 Å². The fraction of sp³-hybridized carbons (Fsp3) is 0.458. The molecule has 35 heavy (non-hydrogen) atoms. The van der Waals surface area contributed by atoms with Crippen LogP contribution < -0.4 is 15.8 Å². The number of aliphatic hydroxyl groups is 2. The van der Waals surface area contributed by atoms with E-state index in [9.17, 15) is 15.0 Å². The number of carbonyl (C=O) groups excluding carboxylic acids is 1. The zero-order chi connectivity index (χ0) is 25.5. The monoisotopic (exact) mass is 484 g/mol. The third-order valence-electron chi connectivity index (χ3n) is 5.39. The highest BCUT2D eigenvalue weighted by Crippen LogP contribution is 2.31. The second-order valence-corrected chi connectivity index (χ2v) is 8.24. The third kappa shape index (κ3) is 6.52. The van der Waals surface area contributed by atoms with Crippen molar-refractivity contribution in [2.24, 2.45) is 5.73 Å². The average molecular weight is 485 g/mol. The zero-order valence-corrected chi connectivity index (χ0v) is 20.4. The van der Waals surface area contributed by atoms with Gasteiger partial charge in [-0.05, 0) is 49.1 Å². The molecule has 0 saturated carbocycles. The van der Waals surface area contributed by atoms with Crippen molar-refractivity contribution < 1.29 is 24.3 Å². The molecule has 0 aliphatic rings. The highest BCUT2D eigenvalue weighted by molar-refractivity contribution is 5.78. The molecule has 5 N–H and O–H groups in total. The van der Waals surface area contributed by atoms with Gasteiger partial charge in [-0.25, -0.2) is 9.97 Å². The van der Waals surface area contributed by atoms with Gasteiger partial charge in [-0.2, -0.15) is 4.98 Å². The number of hydrogen-bond donors (Lipinski definition) is 4. The lowest BCUT2D eigenvalue weighted by molar-refractivity contribution is -0.127. The van der Waals surface area contributed by atoms with Gasteiger partial charge in [-0.15, -0.1) is 0 Å². The number of anilines is 1. The largest absolute Gasteiger partial charge is 0.490 e. The third-order valence-corrected chi connectivity index (χ3v) is 5.39. The first kappa shape index (κ1) is 26.0. The summed E-state index contributed by atoms with van der Waals surface area (Å²) in [6, 6.07) is 5.63. The molecule has 0 radical (unpaired) electrons. The Morgan fingerprint density at radius 1 is 1.20 bits per heavy atom. The zero-order valence-electron chi connectivity index (χ0n) is 20.4. The van der Waals surface area contributed by atoms with E-state index in [0.717, 1.165) is 35.2 Å². The molecule has 1 aromatic carbocycles. The van der Waals surface area contributed by atoms with Crippen LogP contribution in [0.15, 0.2) is 22.7 Å². The molecule has 2 aromatic heterocycles. The Balaban J connectivity index is 1.83. The SMILES string of the molecule is CCCc1cc(-c2nc(-c3cc(C)c(OC[C@@H](O)CC(O)C(N)=O)c(CC)c3)no2)nc(NC)n1. The maximum Gasteiger partial charge on any atom is 0.277 e. The van der Waals surface area contributed by atoms with Crippen LogP contribution in [0.5, 0.6) is 5.75 Å². The number of nitrogens with two attached hydrogens (primary N) is 1. The van der Waals surface area contributed by atoms with Crippen LogP contribution in [0.1, 0.15) is 43.5 Å². The summed E-state index contributed by atoms with van der Waals surface area (Å²) in [4.78, 5) is 24.4. The van der Waals surface area contributed by atoms with Gasteiger partial charge in [0, 0.05) is 24.7 Å². The van der Waals surface area contributed by atoms with Crippen LogP contribution in [0.25, 0.3) is 23.0 Å². The molecule has 11 heteroatoms. The number of nitrogens with one attached hydrogen (secondary N) is 1. The van der Waals surface area contributed by atoms with Crippen LogP contribution in [0, 0.1) is 6.92 Å². The molecule has 0 bridgehead atoms. The van der Waals surface area contributed by atoms with Gasteiger partial charge < -0.3 is 30.5 Å². The minimum absolute atomic E-state index is 0.0918. The molecule has 3 aromatic rings. The van der Waals surface area contributed by atoms with E-state index in [-0.39, 0.29) is 13.0 Å². The molecule has 2 heterocycles. The molecule has 0 spiro atoms. The van der Waals surface area contributed by atoms with Crippen LogP contribution in [0.2, 0.25) is 0 Å². The minimum atomic E-state index is -1.42. The van der Waals surface area contributed by atoms with Gasteiger partial charge in [0.05, 0.1) is 6.10 Å². The normalized spacial score (nSPS) is 12.9. The van der Waals surface area contributed by atoms with Crippen LogP contribution in [0.3, 0.4) is 0 Å². The van der Waals surface area contributed by atoms with Crippen molar-refractivity contribution in [3.8, 4) is 28.7 Å². The molecule has 2 atom stereocenters. The predicted octanol–water partition coefficient (Wildman–Crippen LogP) is 2.03. The van der Waals surface area contributed by atoms with E-state index in [1.165, 1.54) is 0 Å². The molecule has 188 valence electrons. The van der Waals surface area contributed by atoms with E-state index in [0.29, 0.717) is 35.5 Å². The van der Waals surface area contributed by atoms with Gasteiger partial charge >= 0.3 is 0 Å². The lowest BCUT2D eigenvalue weighted by atomic mass is 10.0. The second kappa shape index (κ2) is 11.7. The summed E-state index contributed by atoms with van der Waals surface area (Å²) in [5.41, 5.74) is 8.93. The van der Waals surface area contributed by atoms with Gasteiger partial charge in [0.2, 0.25) is 17.7 Å². The number of primary amides is 1. The predicted molar refractivity (Wildman–Crippen MR) is 130 cm³/mol. The van der Waals surface area contributed by atoms with Crippen LogP contribution in [0.4, 0.5) is 5.95 Å². The van der Waals surface area contributed by atoms with Gasteiger partial charge in [0.25, 0.3) is 5.89 Å². The van der Waals surface area contributed by atoms with E-state index >= 15 is 0 Å². The standard InChI is InChI=1S/C24H32N6O5/c1-5-7-16-10-18(28-24(26-4)27-16)23-29-22(30-35-23)15-8-13(3)20(14(6-2)9-15)34-12-17(31)11-19(32)21(25)33/h8-10,17,19,31-32H,5-7,11-12H2,1-4H3,(H2,25,33)(H,26,27,28)/t17-,19?/m0/s1. The molecular formula is C24H32N6O5. The molecule has 0 saturated heterocycles. The minimum Gasteiger partial charge on any atom is -0.490 e. The molecule has 0 aliphatic heterocycles. The first-order valence-corrected chi connectivity index (χ1v) is 11.6. The molecule has 1 amide bonds. The Kier molecular flexibility index (Phi) is 8.72. The Morgan fingerprint density at radius 3 is 2.63 bits per heavy atom. The number of rotatable bonds is 12. The highest BCUT2D eigenvalue weighted by Gasteiger charge is 2.20. The number of nitrogens with zero attached hydrogens (tertiary/aromatic N) is 4. The number of benzene rings is 1. The molecular weight excluding hydrogens is 452 g/mol. The smallest absolute Gasteiger partial charge is 0.277 e. The average Bonchev–Trinajstić information content (AvgIpc) is 3.33. The second-order valence-electron chi connectivity index (χ2n) is 8.24. The number of aliphatic hydroxyl groups excluding tert-OH is 2. The van der Waals surface area contributed by atoms with E-state index in [1.807, 2.05) is 32.0 Å². The number of carbonyl (C=O) groups is 1. The Bertz CT molecular complexity index is 1170. The van der Waals surface area contributed by atoms with Crippen molar-refractivity contribution in [1.29, 1.82) is 0 Å². The maximum absolute atomic E-state index is 11.0. The first-order valence-electron chi connectivity index (χ1n) is 11.6. The van der Waals surface area contributed by atoms with Gasteiger partial charge in [-0.3, -0.25) is 4.79 Å². The highest BCUT2D eigenvalue weighted by atomic mass is 16.5. The lowest BCUT2D eigenvalue weighted by Crippen LogP contribution is -2.33. The Labute approximate surface area is 203 Å². The summed E-state index contributed by atoms with van der Waals surface area (Å²) < 4.78 is 11.3. The molecule has 3 rings (SSSR count). The number of amides is 1. The molecule has 0 aliphatic carbocycles. The van der Waals surface area contributed by atoms with Crippen molar-refractivity contribution in [2.75, 3.05) is 19.0 Å². The van der Waals surface area contributed by atoms with Crippen LogP contribution >= 0.6 is 0 Å². The van der Waals surface area contributed by atoms with Crippen molar-refractivity contribution >= 4 is 11.9 Å². The topological polar surface area (TPSA) is 170 Å². The summed E-state index contributed by atoms with van der Waals surface area (Å²) in [6.45, 7) is 5.85. The van der Waals surface area contributed by atoms with Crippen molar-refractivity contribution in [1.82, 2.24) is 20.1 Å². The van der Waals surface area contributed by atoms with Gasteiger partial charge in [0.1, 0.15) is 24.2 Å². The first-order chi connectivity index (χ1) is 16.7. The summed E-state index contributed by atoms with van der Waals surface area (Å²) in [6.07, 6.45) is -0.252. The Hall–Kier alpha value is -3.57. The number of aromatic nitrogens is 4. The number of hydrogen-bond acceptors (Lipinski definition) is 10. The van der Waals surface area contributed by atoms with Gasteiger partial charge in [0.15, 0.2) is 0 Å². The van der Waals surface area contributed by atoms with E-state index < -0.39 is 18.1 Å². The summed E-state index contributed by atoms with van der Waals surface area (Å²) in [5.74, 6) is 0.927. The van der Waals surface area contributed by atoms with Crippen molar-refractivity contribution in [2.45, 2.75) is 58.7 Å². The number of ether oxygens (including phenoxy) is 1. The van der Waals surface area contributed by atoms with E-state index in [2.05, 4.69) is 32.3 Å².